The highest BCUT2D eigenvalue weighted by atomic mass is 16.2. The van der Waals surface area contributed by atoms with E-state index >= 15 is 0 Å². The summed E-state index contributed by atoms with van der Waals surface area (Å²) < 4.78 is 0. The molecule has 0 aromatic heterocycles. The van der Waals surface area contributed by atoms with Crippen molar-refractivity contribution in [3.8, 4) is 0 Å². The largest absolute Gasteiger partial charge is 0.374 e. The van der Waals surface area contributed by atoms with E-state index in [1.54, 1.807) is 0 Å². The van der Waals surface area contributed by atoms with Gasteiger partial charge >= 0.3 is 0 Å². The normalized spacial score (nSPS) is 23.4. The highest BCUT2D eigenvalue weighted by Crippen LogP contribution is 2.29. The van der Waals surface area contributed by atoms with Crippen LogP contribution >= 0.6 is 0 Å². The fourth-order valence-electron chi connectivity index (χ4n) is 2.76. The molecule has 4 nitrogen and oxygen atoms in total. The molecule has 1 atom stereocenters. The third-order valence-electron chi connectivity index (χ3n) is 3.74. The summed E-state index contributed by atoms with van der Waals surface area (Å²) in [5.74, 6) is 0.168. The second kappa shape index (κ2) is 4.98. The van der Waals surface area contributed by atoms with Crippen molar-refractivity contribution in [3.05, 3.63) is 24.3 Å². The van der Waals surface area contributed by atoms with Crippen LogP contribution < -0.4 is 15.5 Å². The number of para-hydroxylation sites is 2. The van der Waals surface area contributed by atoms with Crippen LogP contribution in [0.3, 0.4) is 0 Å². The molecular weight excluding hydrogens is 226 g/mol. The minimum Gasteiger partial charge on any atom is -0.374 e. The number of rotatable bonds is 2. The number of amides is 1. The zero-order chi connectivity index (χ0) is 12.4. The maximum Gasteiger partial charge on any atom is 0.246 e. The van der Waals surface area contributed by atoms with E-state index < -0.39 is 0 Å². The van der Waals surface area contributed by atoms with E-state index in [4.69, 9.17) is 0 Å². The smallest absolute Gasteiger partial charge is 0.246 e. The molecule has 0 bridgehead atoms. The van der Waals surface area contributed by atoms with Crippen molar-refractivity contribution in [2.45, 2.75) is 25.3 Å². The maximum absolute atomic E-state index is 12.1. The van der Waals surface area contributed by atoms with Gasteiger partial charge in [0, 0.05) is 12.6 Å². The summed E-state index contributed by atoms with van der Waals surface area (Å²) in [4.78, 5) is 14.0. The Hall–Kier alpha value is -1.55. The Labute approximate surface area is 107 Å². The second-order valence-electron chi connectivity index (χ2n) is 5.02. The standard InChI is InChI=1S/C14H19N3O/c18-14-9-16-12-6-1-2-7-13(12)17(14)10-11-5-3-4-8-15-11/h1-2,6-7,11,15-16H,3-5,8-10H2. The number of hydrogen-bond acceptors (Lipinski definition) is 3. The molecule has 96 valence electrons. The van der Waals surface area contributed by atoms with Gasteiger partial charge in [0.2, 0.25) is 5.91 Å². The van der Waals surface area contributed by atoms with Crippen LogP contribution in [0.1, 0.15) is 19.3 Å². The summed E-state index contributed by atoms with van der Waals surface area (Å²) in [5, 5.41) is 6.67. The van der Waals surface area contributed by atoms with Gasteiger partial charge in [0.25, 0.3) is 0 Å². The van der Waals surface area contributed by atoms with Gasteiger partial charge in [-0.25, -0.2) is 0 Å². The van der Waals surface area contributed by atoms with Crippen molar-refractivity contribution in [2.75, 3.05) is 29.9 Å². The van der Waals surface area contributed by atoms with Gasteiger partial charge in [0.1, 0.15) is 0 Å². The second-order valence-corrected chi connectivity index (χ2v) is 5.02. The Bertz CT molecular complexity index is 440. The van der Waals surface area contributed by atoms with Gasteiger partial charge in [-0.2, -0.15) is 0 Å². The van der Waals surface area contributed by atoms with Crippen molar-refractivity contribution in [1.29, 1.82) is 0 Å². The molecule has 0 aliphatic carbocycles. The molecule has 1 saturated heterocycles. The van der Waals surface area contributed by atoms with Crippen LogP contribution in [-0.4, -0.2) is 31.6 Å². The average Bonchev–Trinajstić information content (AvgIpc) is 2.43. The van der Waals surface area contributed by atoms with Crippen molar-refractivity contribution < 1.29 is 4.79 Å². The molecule has 2 aliphatic rings. The van der Waals surface area contributed by atoms with Crippen molar-refractivity contribution in [3.63, 3.8) is 0 Å². The summed E-state index contributed by atoms with van der Waals surface area (Å²) in [6, 6.07) is 8.47. The number of carbonyl (C=O) groups is 1. The van der Waals surface area contributed by atoms with E-state index in [1.807, 2.05) is 29.2 Å². The molecule has 3 rings (SSSR count). The van der Waals surface area contributed by atoms with Gasteiger partial charge in [0.05, 0.1) is 17.9 Å². The van der Waals surface area contributed by atoms with Gasteiger partial charge in [-0.3, -0.25) is 4.79 Å². The summed E-state index contributed by atoms with van der Waals surface area (Å²) in [7, 11) is 0. The fraction of sp³-hybridized carbons (Fsp3) is 0.500. The molecule has 1 aromatic carbocycles. The van der Waals surface area contributed by atoms with Gasteiger partial charge < -0.3 is 15.5 Å². The Balaban J connectivity index is 1.79. The molecule has 1 aromatic rings. The number of anilines is 2. The van der Waals surface area contributed by atoms with E-state index in [0.717, 1.165) is 24.5 Å². The number of hydrogen-bond donors (Lipinski definition) is 2. The number of nitrogens with one attached hydrogen (secondary N) is 2. The lowest BCUT2D eigenvalue weighted by Crippen LogP contribution is -2.49. The lowest BCUT2D eigenvalue weighted by Gasteiger charge is -2.34. The first kappa shape index (κ1) is 11.5. The topological polar surface area (TPSA) is 44.4 Å². The molecule has 2 heterocycles. The summed E-state index contributed by atoms with van der Waals surface area (Å²) in [6.45, 7) is 2.27. The Kier molecular flexibility index (Phi) is 3.19. The van der Waals surface area contributed by atoms with E-state index in [0.29, 0.717) is 12.6 Å². The van der Waals surface area contributed by atoms with E-state index in [-0.39, 0.29) is 5.91 Å². The number of benzene rings is 1. The molecule has 0 saturated carbocycles. The lowest BCUT2D eigenvalue weighted by molar-refractivity contribution is -0.117. The molecule has 2 aliphatic heterocycles. The first-order chi connectivity index (χ1) is 8.84. The molecule has 1 unspecified atom stereocenters. The molecule has 0 spiro atoms. The van der Waals surface area contributed by atoms with Crippen LogP contribution in [-0.2, 0) is 4.79 Å². The SMILES string of the molecule is O=C1CNc2ccccc2N1CC1CCCCN1. The highest BCUT2D eigenvalue weighted by Gasteiger charge is 2.26. The van der Waals surface area contributed by atoms with E-state index in [9.17, 15) is 4.79 Å². The van der Waals surface area contributed by atoms with Gasteiger partial charge in [-0.1, -0.05) is 18.6 Å². The molecular formula is C14H19N3O. The minimum absolute atomic E-state index is 0.168. The monoisotopic (exact) mass is 245 g/mol. The number of fused-ring (bicyclic) bond motifs is 1. The average molecular weight is 245 g/mol. The third-order valence-corrected chi connectivity index (χ3v) is 3.74. The van der Waals surface area contributed by atoms with Gasteiger partial charge in [0.15, 0.2) is 0 Å². The zero-order valence-corrected chi connectivity index (χ0v) is 10.5. The lowest BCUT2D eigenvalue weighted by atomic mass is 10.0. The van der Waals surface area contributed by atoms with Crippen LogP contribution in [0.5, 0.6) is 0 Å². The van der Waals surface area contributed by atoms with Crippen molar-refractivity contribution in [1.82, 2.24) is 5.32 Å². The highest BCUT2D eigenvalue weighted by molar-refractivity contribution is 6.02. The first-order valence-corrected chi connectivity index (χ1v) is 6.71. The molecule has 2 N–H and O–H groups in total. The summed E-state index contributed by atoms with van der Waals surface area (Å²) in [6.07, 6.45) is 3.68. The summed E-state index contributed by atoms with van der Waals surface area (Å²) in [5.41, 5.74) is 2.08. The van der Waals surface area contributed by atoms with Crippen LogP contribution in [0.15, 0.2) is 24.3 Å². The number of nitrogens with zero attached hydrogens (tertiary/aromatic N) is 1. The number of carbonyl (C=O) groups excluding carboxylic acids is 1. The van der Waals surface area contributed by atoms with E-state index in [1.165, 1.54) is 19.3 Å². The molecule has 18 heavy (non-hydrogen) atoms. The molecule has 1 amide bonds. The predicted molar refractivity (Wildman–Crippen MR) is 72.9 cm³/mol. The van der Waals surface area contributed by atoms with Crippen LogP contribution in [0.2, 0.25) is 0 Å². The van der Waals surface area contributed by atoms with Crippen molar-refractivity contribution >= 4 is 17.3 Å². The van der Waals surface area contributed by atoms with E-state index in [2.05, 4.69) is 10.6 Å². The maximum atomic E-state index is 12.1. The molecule has 0 radical (unpaired) electrons. The van der Waals surface area contributed by atoms with Gasteiger partial charge in [-0.05, 0) is 31.5 Å². The minimum atomic E-state index is 0.168. The van der Waals surface area contributed by atoms with Crippen LogP contribution in [0.4, 0.5) is 11.4 Å². The van der Waals surface area contributed by atoms with Crippen molar-refractivity contribution in [2.24, 2.45) is 0 Å². The van der Waals surface area contributed by atoms with Gasteiger partial charge in [-0.15, -0.1) is 0 Å². The zero-order valence-electron chi connectivity index (χ0n) is 10.5. The predicted octanol–water partition coefficient (Wildman–Crippen LogP) is 1.59. The Morgan fingerprint density at radius 1 is 1.28 bits per heavy atom. The third kappa shape index (κ3) is 2.20. The van der Waals surface area contributed by atoms with Crippen LogP contribution in [0.25, 0.3) is 0 Å². The molecule has 1 fully saturated rings. The first-order valence-electron chi connectivity index (χ1n) is 6.71. The summed E-state index contributed by atoms with van der Waals surface area (Å²) >= 11 is 0. The Morgan fingerprint density at radius 3 is 3.00 bits per heavy atom. The number of piperidine rings is 1. The quantitative estimate of drug-likeness (QED) is 0.831. The fourth-order valence-corrected chi connectivity index (χ4v) is 2.76. The van der Waals surface area contributed by atoms with Crippen LogP contribution in [0, 0.1) is 0 Å². The Morgan fingerprint density at radius 2 is 2.17 bits per heavy atom. The molecule has 4 heteroatoms.